The Balaban J connectivity index is 2.56. The highest BCUT2D eigenvalue weighted by molar-refractivity contribution is 9.10. The summed E-state index contributed by atoms with van der Waals surface area (Å²) in [5.74, 6) is 0.372. The number of unbranched alkanes of at least 4 members (excludes halogenated alkanes) is 1. The topological polar surface area (TPSA) is 42.0 Å². The van der Waals surface area contributed by atoms with Gasteiger partial charge in [0.05, 0.1) is 5.56 Å². The molecule has 0 aliphatic heterocycles. The van der Waals surface area contributed by atoms with E-state index < -0.39 is 0 Å². The third-order valence-corrected chi connectivity index (χ3v) is 3.88. The van der Waals surface area contributed by atoms with Crippen LogP contribution in [0.2, 0.25) is 5.15 Å². The van der Waals surface area contributed by atoms with Crippen LogP contribution in [-0.2, 0) is 0 Å². The lowest BCUT2D eigenvalue weighted by Gasteiger charge is -2.15. The molecule has 19 heavy (non-hydrogen) atoms. The van der Waals surface area contributed by atoms with Crippen LogP contribution in [0.5, 0.6) is 0 Å². The Morgan fingerprint density at radius 3 is 2.89 bits per heavy atom. The minimum Gasteiger partial charge on any atom is -0.352 e. The molecule has 0 fully saturated rings. The van der Waals surface area contributed by atoms with E-state index in [1.54, 1.807) is 12.3 Å². The van der Waals surface area contributed by atoms with Crippen molar-refractivity contribution >= 4 is 33.4 Å². The number of rotatable bonds is 7. The second kappa shape index (κ2) is 8.54. The molecule has 1 atom stereocenters. The Bertz CT molecular complexity index is 426. The van der Waals surface area contributed by atoms with Gasteiger partial charge in [-0.1, -0.05) is 44.7 Å². The fourth-order valence-corrected chi connectivity index (χ4v) is 2.38. The average Bonchev–Trinajstić information content (AvgIpc) is 2.41. The molecule has 1 heterocycles. The molecule has 106 valence electrons. The zero-order chi connectivity index (χ0) is 14.3. The van der Waals surface area contributed by atoms with Gasteiger partial charge in [0, 0.05) is 17.2 Å². The molecule has 0 radical (unpaired) electrons. The maximum absolute atomic E-state index is 12.1. The second-order valence-corrected chi connectivity index (χ2v) is 5.89. The number of halogens is 2. The van der Waals surface area contributed by atoms with Crippen LogP contribution in [0.4, 0.5) is 0 Å². The first-order chi connectivity index (χ1) is 9.08. The van der Waals surface area contributed by atoms with Crippen molar-refractivity contribution in [2.24, 2.45) is 5.92 Å². The SMILES string of the molecule is CCCCC(CC)CNC(=O)c1cc(Br)cnc1Cl. The van der Waals surface area contributed by atoms with Gasteiger partial charge in [0.15, 0.2) is 0 Å². The largest absolute Gasteiger partial charge is 0.352 e. The number of nitrogens with one attached hydrogen (secondary N) is 1. The number of amides is 1. The summed E-state index contributed by atoms with van der Waals surface area (Å²) in [6.45, 7) is 5.02. The fraction of sp³-hybridized carbons (Fsp3) is 0.571. The lowest BCUT2D eigenvalue weighted by molar-refractivity contribution is 0.0945. The predicted octanol–water partition coefficient (Wildman–Crippen LogP) is 4.44. The van der Waals surface area contributed by atoms with Gasteiger partial charge in [-0.2, -0.15) is 0 Å². The number of nitrogens with zero attached hydrogens (tertiary/aromatic N) is 1. The van der Waals surface area contributed by atoms with E-state index in [0.717, 1.165) is 17.3 Å². The van der Waals surface area contributed by atoms with Crippen LogP contribution in [0.1, 0.15) is 49.9 Å². The van der Waals surface area contributed by atoms with Gasteiger partial charge in [0.1, 0.15) is 5.15 Å². The first-order valence-electron chi connectivity index (χ1n) is 6.67. The molecule has 3 nitrogen and oxygen atoms in total. The first kappa shape index (κ1) is 16.4. The summed E-state index contributed by atoms with van der Waals surface area (Å²) in [7, 11) is 0. The van der Waals surface area contributed by atoms with Crippen molar-refractivity contribution in [3.63, 3.8) is 0 Å². The number of hydrogen-bond acceptors (Lipinski definition) is 2. The lowest BCUT2D eigenvalue weighted by Crippen LogP contribution is -2.29. The summed E-state index contributed by atoms with van der Waals surface area (Å²) >= 11 is 9.22. The van der Waals surface area contributed by atoms with Crippen LogP contribution in [0.3, 0.4) is 0 Å². The Morgan fingerprint density at radius 2 is 2.26 bits per heavy atom. The molecule has 1 amide bonds. The molecule has 0 aliphatic rings. The molecule has 1 rings (SSSR count). The molecule has 0 aromatic carbocycles. The number of hydrogen-bond donors (Lipinski definition) is 1. The molecule has 1 N–H and O–H groups in total. The summed E-state index contributed by atoms with van der Waals surface area (Å²) in [4.78, 5) is 16.0. The van der Waals surface area contributed by atoms with Crippen molar-refractivity contribution in [2.75, 3.05) is 6.54 Å². The van der Waals surface area contributed by atoms with Crippen LogP contribution >= 0.6 is 27.5 Å². The normalized spacial score (nSPS) is 12.2. The Morgan fingerprint density at radius 1 is 1.53 bits per heavy atom. The van der Waals surface area contributed by atoms with Crippen molar-refractivity contribution in [3.05, 3.63) is 27.5 Å². The van der Waals surface area contributed by atoms with Crippen molar-refractivity contribution in [1.29, 1.82) is 0 Å². The van der Waals surface area contributed by atoms with Gasteiger partial charge in [-0.05, 0) is 34.3 Å². The van der Waals surface area contributed by atoms with E-state index in [1.165, 1.54) is 12.8 Å². The van der Waals surface area contributed by atoms with E-state index in [0.29, 0.717) is 18.0 Å². The molecular formula is C14H20BrClN2O. The van der Waals surface area contributed by atoms with Crippen LogP contribution < -0.4 is 5.32 Å². The third kappa shape index (κ3) is 5.49. The van der Waals surface area contributed by atoms with Gasteiger partial charge in [-0.3, -0.25) is 4.79 Å². The highest BCUT2D eigenvalue weighted by Crippen LogP contribution is 2.18. The van der Waals surface area contributed by atoms with E-state index in [4.69, 9.17) is 11.6 Å². The van der Waals surface area contributed by atoms with E-state index in [1.807, 2.05) is 0 Å². The molecule has 1 aromatic heterocycles. The van der Waals surface area contributed by atoms with Gasteiger partial charge in [-0.25, -0.2) is 4.98 Å². The number of aromatic nitrogens is 1. The van der Waals surface area contributed by atoms with E-state index in [9.17, 15) is 4.79 Å². The van der Waals surface area contributed by atoms with Gasteiger partial charge < -0.3 is 5.32 Å². The minimum atomic E-state index is -0.159. The monoisotopic (exact) mass is 346 g/mol. The second-order valence-electron chi connectivity index (χ2n) is 4.62. The lowest BCUT2D eigenvalue weighted by atomic mass is 9.99. The quantitative estimate of drug-likeness (QED) is 0.741. The van der Waals surface area contributed by atoms with Crippen LogP contribution in [0, 0.1) is 5.92 Å². The van der Waals surface area contributed by atoms with Crippen molar-refractivity contribution in [1.82, 2.24) is 10.3 Å². The summed E-state index contributed by atoms with van der Waals surface area (Å²) in [5, 5.41) is 3.18. The molecule has 0 saturated carbocycles. The third-order valence-electron chi connectivity index (χ3n) is 3.14. The number of carbonyl (C=O) groups is 1. The van der Waals surface area contributed by atoms with Crippen molar-refractivity contribution < 1.29 is 4.79 Å². The summed E-state index contributed by atoms with van der Waals surface area (Å²) in [5.41, 5.74) is 0.418. The number of pyridine rings is 1. The molecule has 1 aromatic rings. The molecule has 0 spiro atoms. The molecule has 0 saturated heterocycles. The first-order valence-corrected chi connectivity index (χ1v) is 7.84. The molecule has 5 heteroatoms. The van der Waals surface area contributed by atoms with Crippen LogP contribution in [0.15, 0.2) is 16.7 Å². The smallest absolute Gasteiger partial charge is 0.254 e. The van der Waals surface area contributed by atoms with Crippen LogP contribution in [-0.4, -0.2) is 17.4 Å². The molecule has 0 aliphatic carbocycles. The Hall–Kier alpha value is -0.610. The minimum absolute atomic E-state index is 0.159. The standard InChI is InChI=1S/C14H20BrClN2O/c1-3-5-6-10(4-2)8-18-14(19)12-7-11(15)9-17-13(12)16/h7,9-10H,3-6,8H2,1-2H3,(H,18,19). The average molecular weight is 348 g/mol. The Kier molecular flexibility index (Phi) is 7.39. The zero-order valence-corrected chi connectivity index (χ0v) is 13.7. The van der Waals surface area contributed by atoms with Crippen molar-refractivity contribution in [2.45, 2.75) is 39.5 Å². The van der Waals surface area contributed by atoms with Gasteiger partial charge in [0.25, 0.3) is 5.91 Å². The van der Waals surface area contributed by atoms with E-state index in [2.05, 4.69) is 40.1 Å². The molecule has 0 bridgehead atoms. The summed E-state index contributed by atoms with van der Waals surface area (Å²) in [6, 6.07) is 1.69. The maximum Gasteiger partial charge on any atom is 0.254 e. The predicted molar refractivity (Wildman–Crippen MR) is 82.6 cm³/mol. The van der Waals surface area contributed by atoms with Crippen LogP contribution in [0.25, 0.3) is 0 Å². The summed E-state index contributed by atoms with van der Waals surface area (Å²) < 4.78 is 0.750. The summed E-state index contributed by atoms with van der Waals surface area (Å²) in [6.07, 6.45) is 6.19. The van der Waals surface area contributed by atoms with Gasteiger partial charge in [0.2, 0.25) is 0 Å². The number of carbonyl (C=O) groups excluding carboxylic acids is 1. The highest BCUT2D eigenvalue weighted by atomic mass is 79.9. The Labute approximate surface area is 128 Å². The highest BCUT2D eigenvalue weighted by Gasteiger charge is 2.13. The fourth-order valence-electron chi connectivity index (χ4n) is 1.86. The zero-order valence-electron chi connectivity index (χ0n) is 11.4. The van der Waals surface area contributed by atoms with E-state index >= 15 is 0 Å². The molecule has 1 unspecified atom stereocenters. The molecular weight excluding hydrogens is 328 g/mol. The van der Waals surface area contributed by atoms with Crippen molar-refractivity contribution in [3.8, 4) is 0 Å². The van der Waals surface area contributed by atoms with Gasteiger partial charge >= 0.3 is 0 Å². The van der Waals surface area contributed by atoms with Gasteiger partial charge in [-0.15, -0.1) is 0 Å². The maximum atomic E-state index is 12.1. The van der Waals surface area contributed by atoms with E-state index in [-0.39, 0.29) is 11.1 Å².